The molecule has 3 rings (SSSR count). The van der Waals surface area contributed by atoms with Gasteiger partial charge in [0, 0.05) is 0 Å². The summed E-state index contributed by atoms with van der Waals surface area (Å²) in [6.07, 6.45) is 2.43. The minimum atomic E-state index is -2.04. The van der Waals surface area contributed by atoms with Crippen LogP contribution >= 0.6 is 0 Å². The van der Waals surface area contributed by atoms with Crippen molar-refractivity contribution >= 4 is 23.2 Å². The average Bonchev–Trinajstić information content (AvgIpc) is 2.76. The molecule has 0 aliphatic carbocycles. The van der Waals surface area contributed by atoms with Crippen LogP contribution in [0.1, 0.15) is 22.3 Å². The summed E-state index contributed by atoms with van der Waals surface area (Å²) in [5, 5.41) is 0. The first-order valence-electron chi connectivity index (χ1n) is 7.55. The van der Waals surface area contributed by atoms with E-state index in [0.29, 0.717) is 0 Å². The fraction of sp³-hybridized carbons (Fsp3) is 0.200. The van der Waals surface area contributed by atoms with E-state index in [1.807, 2.05) is 0 Å². The summed E-state index contributed by atoms with van der Waals surface area (Å²) in [4.78, 5) is 2.57. The molecule has 2 aromatic carbocycles. The van der Waals surface area contributed by atoms with Crippen LogP contribution in [0.4, 0.5) is 0 Å². The molecule has 0 radical (unpaired) electrons. The summed E-state index contributed by atoms with van der Waals surface area (Å²) < 4.78 is 1.59. The van der Waals surface area contributed by atoms with Gasteiger partial charge in [0.25, 0.3) is 0 Å². The fourth-order valence-corrected chi connectivity index (χ4v) is 8.45. The van der Waals surface area contributed by atoms with Crippen molar-refractivity contribution < 1.29 is 0 Å². The number of allylic oxidation sites excluding steroid dienone is 2. The minimum absolute atomic E-state index is 1.32. The van der Waals surface area contributed by atoms with Crippen LogP contribution in [0.3, 0.4) is 0 Å². The van der Waals surface area contributed by atoms with Gasteiger partial charge in [-0.15, -0.1) is 0 Å². The van der Waals surface area contributed by atoms with E-state index in [-0.39, 0.29) is 0 Å². The van der Waals surface area contributed by atoms with Crippen LogP contribution in [-0.4, -0.2) is 13.3 Å². The fourth-order valence-electron chi connectivity index (χ4n) is 2.95. The summed E-state index contributed by atoms with van der Waals surface area (Å²) in [5.74, 6) is 4.96. The van der Waals surface area contributed by atoms with Crippen LogP contribution in [-0.2, 0) is 0 Å². The maximum absolute atomic E-state index is 2.57. The molecule has 0 fully saturated rings. The normalized spacial score (nSPS) is 16.6. The Balaban J connectivity index is 2.01. The molecular formula is C20H22Ge. The molecule has 0 amide bonds. The van der Waals surface area contributed by atoms with E-state index in [9.17, 15) is 0 Å². The average molecular weight is 335 g/mol. The van der Waals surface area contributed by atoms with E-state index in [4.69, 9.17) is 0 Å². The number of rotatable bonds is 2. The third-order valence-electron chi connectivity index (χ3n) is 4.26. The molecule has 0 saturated heterocycles. The molecule has 1 heteroatoms. The molecule has 2 aromatic rings. The van der Waals surface area contributed by atoms with Gasteiger partial charge in [0.2, 0.25) is 0 Å². The summed E-state index contributed by atoms with van der Waals surface area (Å²) in [6, 6.07) is 17.9. The van der Waals surface area contributed by atoms with Crippen molar-refractivity contribution in [1.82, 2.24) is 0 Å². The van der Waals surface area contributed by atoms with Crippen molar-refractivity contribution in [2.75, 3.05) is 0 Å². The van der Waals surface area contributed by atoms with Crippen LogP contribution in [0.15, 0.2) is 59.5 Å². The molecule has 1 heterocycles. The molecule has 106 valence electrons. The molecular weight excluding hydrogens is 313 g/mol. The quantitative estimate of drug-likeness (QED) is 0.630. The zero-order valence-corrected chi connectivity index (χ0v) is 15.4. The van der Waals surface area contributed by atoms with Gasteiger partial charge in [-0.1, -0.05) is 0 Å². The molecule has 0 aromatic heterocycles. The third kappa shape index (κ3) is 2.91. The van der Waals surface area contributed by atoms with Gasteiger partial charge >= 0.3 is 130 Å². The van der Waals surface area contributed by atoms with Crippen LogP contribution < -0.4 is 0 Å². The van der Waals surface area contributed by atoms with E-state index >= 15 is 0 Å². The van der Waals surface area contributed by atoms with Gasteiger partial charge in [-0.05, 0) is 0 Å². The Hall–Kier alpha value is -1.54. The topological polar surface area (TPSA) is 0 Å². The molecule has 0 bridgehead atoms. The Bertz CT molecular complexity index is 713. The summed E-state index contributed by atoms with van der Waals surface area (Å²) in [5.41, 5.74) is 6.82. The first-order valence-corrected chi connectivity index (χ1v) is 14.0. The monoisotopic (exact) mass is 336 g/mol. The van der Waals surface area contributed by atoms with Gasteiger partial charge in [0.15, 0.2) is 0 Å². The predicted molar refractivity (Wildman–Crippen MR) is 95.8 cm³/mol. The van der Waals surface area contributed by atoms with Gasteiger partial charge in [-0.3, -0.25) is 0 Å². The summed E-state index contributed by atoms with van der Waals surface area (Å²) in [7, 11) is 0. The van der Waals surface area contributed by atoms with E-state index < -0.39 is 13.3 Å². The van der Waals surface area contributed by atoms with Gasteiger partial charge in [0.1, 0.15) is 0 Å². The van der Waals surface area contributed by atoms with Crippen LogP contribution in [0, 0.1) is 13.8 Å². The Morgan fingerprint density at radius 3 is 1.67 bits per heavy atom. The van der Waals surface area contributed by atoms with Crippen molar-refractivity contribution in [2.24, 2.45) is 0 Å². The molecule has 21 heavy (non-hydrogen) atoms. The second-order valence-electron chi connectivity index (χ2n) is 6.61. The first-order chi connectivity index (χ1) is 9.95. The molecule has 0 nitrogen and oxygen atoms in total. The van der Waals surface area contributed by atoms with Gasteiger partial charge in [-0.25, -0.2) is 0 Å². The van der Waals surface area contributed by atoms with Crippen molar-refractivity contribution in [3.63, 3.8) is 0 Å². The van der Waals surface area contributed by atoms with E-state index in [0.717, 1.165) is 0 Å². The van der Waals surface area contributed by atoms with Crippen molar-refractivity contribution in [2.45, 2.75) is 25.4 Å². The van der Waals surface area contributed by atoms with Gasteiger partial charge < -0.3 is 0 Å². The van der Waals surface area contributed by atoms with Crippen molar-refractivity contribution in [3.05, 3.63) is 81.8 Å². The number of hydrogen-bond donors (Lipinski definition) is 0. The first kappa shape index (κ1) is 14.4. The van der Waals surface area contributed by atoms with Crippen LogP contribution in [0.2, 0.25) is 11.5 Å². The molecule has 0 spiro atoms. The molecule has 1 aliphatic rings. The van der Waals surface area contributed by atoms with Crippen LogP contribution in [0.5, 0.6) is 0 Å². The third-order valence-corrected chi connectivity index (χ3v) is 10.2. The SMILES string of the molecule is Cc1ccc(C2=[CH][Ge]([CH3])([CH3])[C](c3ccc(C)cc3)=C2)cc1. The Labute approximate surface area is 130 Å². The molecule has 0 unspecified atom stereocenters. The Kier molecular flexibility index (Phi) is 3.66. The summed E-state index contributed by atoms with van der Waals surface area (Å²) >= 11 is -2.04. The van der Waals surface area contributed by atoms with Gasteiger partial charge in [-0.2, -0.15) is 0 Å². The number of benzene rings is 2. The molecule has 0 atom stereocenters. The Morgan fingerprint density at radius 1 is 0.667 bits per heavy atom. The second-order valence-corrected chi connectivity index (χ2v) is 15.6. The van der Waals surface area contributed by atoms with Crippen LogP contribution in [0.25, 0.3) is 9.98 Å². The number of hydrogen-bond acceptors (Lipinski definition) is 0. The van der Waals surface area contributed by atoms with Crippen molar-refractivity contribution in [1.29, 1.82) is 0 Å². The zero-order chi connectivity index (χ0) is 15.0. The summed E-state index contributed by atoms with van der Waals surface area (Å²) in [6.45, 7) is 4.29. The van der Waals surface area contributed by atoms with Crippen molar-refractivity contribution in [3.8, 4) is 0 Å². The standard InChI is InChI=1S/C20H22Ge/c1-15-5-9-17(10-6-15)19-13-20(21(3,4)14-19)18-11-7-16(2)8-12-18/h5-14H,1-4H3. The second kappa shape index (κ2) is 5.34. The molecule has 0 N–H and O–H groups in total. The van der Waals surface area contributed by atoms with E-state index in [1.165, 1.54) is 27.8 Å². The predicted octanol–water partition coefficient (Wildman–Crippen LogP) is 5.57. The van der Waals surface area contributed by atoms with E-state index in [2.05, 4.69) is 84.9 Å². The Morgan fingerprint density at radius 2 is 1.14 bits per heavy atom. The zero-order valence-electron chi connectivity index (χ0n) is 13.3. The molecule has 0 saturated carbocycles. The van der Waals surface area contributed by atoms with E-state index in [1.54, 1.807) is 4.41 Å². The molecule has 1 aliphatic heterocycles. The number of aryl methyl sites for hydroxylation is 2. The maximum atomic E-state index is 2.57. The van der Waals surface area contributed by atoms with Gasteiger partial charge in [0.05, 0.1) is 0 Å².